The zero-order valence-electron chi connectivity index (χ0n) is 14.7. The average Bonchev–Trinajstić information content (AvgIpc) is 2.67. The summed E-state index contributed by atoms with van der Waals surface area (Å²) in [7, 11) is 3.29. The Bertz CT molecular complexity index is 834. The van der Waals surface area contributed by atoms with E-state index in [0.717, 1.165) is 22.5 Å². The van der Waals surface area contributed by atoms with Crippen molar-refractivity contribution < 1.29 is 9.47 Å². The van der Waals surface area contributed by atoms with Crippen molar-refractivity contribution in [2.24, 2.45) is 0 Å². The van der Waals surface area contributed by atoms with Gasteiger partial charge in [-0.2, -0.15) is 0 Å². The van der Waals surface area contributed by atoms with Gasteiger partial charge in [0.05, 0.1) is 20.3 Å². The molecule has 3 rings (SSSR count). The summed E-state index contributed by atoms with van der Waals surface area (Å²) in [5.74, 6) is 2.29. The smallest absolute Gasteiger partial charge is 0.161 e. The number of aryl methyl sites for hydroxylation is 1. The first kappa shape index (κ1) is 16.8. The van der Waals surface area contributed by atoms with E-state index in [1.54, 1.807) is 20.4 Å². The Morgan fingerprint density at radius 2 is 1.60 bits per heavy atom. The topological polar surface area (TPSA) is 43.4 Å². The van der Waals surface area contributed by atoms with Gasteiger partial charge in [-0.1, -0.05) is 42.5 Å². The van der Waals surface area contributed by atoms with Crippen LogP contribution in [0.5, 0.6) is 11.5 Å². The Balaban J connectivity index is 2.04. The number of anilines is 1. The van der Waals surface area contributed by atoms with E-state index in [1.165, 1.54) is 0 Å². The lowest BCUT2D eigenvalue weighted by molar-refractivity contribution is 0.354. The highest BCUT2D eigenvalue weighted by Gasteiger charge is 2.17. The van der Waals surface area contributed by atoms with Crippen LogP contribution in [-0.4, -0.2) is 19.2 Å². The normalized spacial score (nSPS) is 11.6. The van der Waals surface area contributed by atoms with Crippen LogP contribution in [0.3, 0.4) is 0 Å². The van der Waals surface area contributed by atoms with Crippen molar-refractivity contribution in [3.63, 3.8) is 0 Å². The number of hydrogen-bond acceptors (Lipinski definition) is 4. The molecule has 2 aromatic carbocycles. The van der Waals surface area contributed by atoms with E-state index in [9.17, 15) is 0 Å². The molecule has 0 saturated heterocycles. The molecule has 0 saturated carbocycles. The number of hydrogen-bond donors (Lipinski definition) is 1. The van der Waals surface area contributed by atoms with Gasteiger partial charge in [0.2, 0.25) is 0 Å². The second kappa shape index (κ2) is 7.71. The van der Waals surface area contributed by atoms with Crippen molar-refractivity contribution in [1.29, 1.82) is 0 Å². The number of pyridine rings is 1. The Labute approximate surface area is 148 Å². The first-order valence-corrected chi connectivity index (χ1v) is 8.18. The number of ether oxygens (including phenoxy) is 2. The fourth-order valence-corrected chi connectivity index (χ4v) is 2.81. The minimum Gasteiger partial charge on any atom is -0.493 e. The quantitative estimate of drug-likeness (QED) is 0.715. The van der Waals surface area contributed by atoms with Crippen molar-refractivity contribution >= 4 is 5.82 Å². The van der Waals surface area contributed by atoms with Crippen molar-refractivity contribution in [1.82, 2.24) is 4.98 Å². The Morgan fingerprint density at radius 3 is 2.28 bits per heavy atom. The molecule has 0 radical (unpaired) electrons. The lowest BCUT2D eigenvalue weighted by atomic mass is 9.98. The first-order valence-electron chi connectivity index (χ1n) is 8.18. The van der Waals surface area contributed by atoms with Crippen molar-refractivity contribution in [3.05, 3.63) is 83.6 Å². The molecular weight excluding hydrogens is 312 g/mol. The van der Waals surface area contributed by atoms with E-state index in [0.29, 0.717) is 11.5 Å². The summed E-state index contributed by atoms with van der Waals surface area (Å²) < 4.78 is 10.8. The second-order valence-electron chi connectivity index (χ2n) is 5.77. The molecule has 3 aromatic rings. The molecular formula is C21H22N2O2. The maximum atomic E-state index is 5.47. The van der Waals surface area contributed by atoms with Crippen LogP contribution in [0.4, 0.5) is 5.82 Å². The fourth-order valence-electron chi connectivity index (χ4n) is 2.81. The van der Waals surface area contributed by atoms with Crippen LogP contribution in [0.25, 0.3) is 0 Å². The number of benzene rings is 2. The highest BCUT2D eigenvalue weighted by atomic mass is 16.5. The van der Waals surface area contributed by atoms with Gasteiger partial charge in [0.25, 0.3) is 0 Å². The number of rotatable bonds is 6. The second-order valence-corrected chi connectivity index (χ2v) is 5.77. The third-order valence-corrected chi connectivity index (χ3v) is 4.16. The minimum atomic E-state index is -0.0467. The minimum absolute atomic E-state index is 0.0467. The molecule has 1 atom stereocenters. The largest absolute Gasteiger partial charge is 0.493 e. The highest BCUT2D eigenvalue weighted by Crippen LogP contribution is 2.34. The predicted octanol–water partition coefficient (Wildman–Crippen LogP) is 4.61. The van der Waals surface area contributed by atoms with Crippen LogP contribution >= 0.6 is 0 Å². The first-order chi connectivity index (χ1) is 12.2. The summed E-state index contributed by atoms with van der Waals surface area (Å²) in [4.78, 5) is 4.48. The average molecular weight is 334 g/mol. The van der Waals surface area contributed by atoms with E-state index in [4.69, 9.17) is 9.47 Å². The summed E-state index contributed by atoms with van der Waals surface area (Å²) in [5.41, 5.74) is 3.33. The number of methoxy groups -OCH3 is 2. The molecule has 1 N–H and O–H groups in total. The number of aromatic nitrogens is 1. The lowest BCUT2D eigenvalue weighted by Crippen LogP contribution is -2.14. The molecule has 25 heavy (non-hydrogen) atoms. The molecule has 4 heteroatoms. The van der Waals surface area contributed by atoms with Gasteiger partial charge in [-0.3, -0.25) is 0 Å². The molecule has 1 heterocycles. The van der Waals surface area contributed by atoms with Gasteiger partial charge in [0.15, 0.2) is 11.5 Å². The summed E-state index contributed by atoms with van der Waals surface area (Å²) in [6.45, 7) is 2.05. The maximum Gasteiger partial charge on any atom is 0.161 e. The molecule has 0 spiro atoms. The van der Waals surface area contributed by atoms with Crippen LogP contribution in [-0.2, 0) is 0 Å². The van der Waals surface area contributed by atoms with Gasteiger partial charge in [0.1, 0.15) is 5.82 Å². The van der Waals surface area contributed by atoms with Crippen molar-refractivity contribution in [3.8, 4) is 11.5 Å². The Hall–Kier alpha value is -3.01. The standard InChI is InChI=1S/C21H22N2O2/c1-15-8-7-13-22-21(15)23-20(16-9-5-4-6-10-16)17-11-12-18(24-2)19(14-17)25-3/h4-14,20H,1-3H3,(H,22,23). The van der Waals surface area contributed by atoms with Gasteiger partial charge >= 0.3 is 0 Å². The molecule has 0 bridgehead atoms. The highest BCUT2D eigenvalue weighted by molar-refractivity contribution is 5.52. The summed E-state index contributed by atoms with van der Waals surface area (Å²) in [6, 6.07) is 20.2. The molecule has 0 aliphatic carbocycles. The summed E-state index contributed by atoms with van der Waals surface area (Å²) in [6.07, 6.45) is 1.80. The van der Waals surface area contributed by atoms with Gasteiger partial charge in [-0.25, -0.2) is 4.98 Å². The van der Waals surface area contributed by atoms with Gasteiger partial charge < -0.3 is 14.8 Å². The van der Waals surface area contributed by atoms with Gasteiger partial charge in [-0.15, -0.1) is 0 Å². The van der Waals surface area contributed by atoms with E-state index in [1.807, 2.05) is 55.5 Å². The number of nitrogens with one attached hydrogen (secondary N) is 1. The molecule has 0 amide bonds. The summed E-state index contributed by atoms with van der Waals surface area (Å²) >= 11 is 0. The number of nitrogens with zero attached hydrogens (tertiary/aromatic N) is 1. The third kappa shape index (κ3) is 3.74. The maximum absolute atomic E-state index is 5.47. The zero-order chi connectivity index (χ0) is 17.6. The van der Waals surface area contributed by atoms with Crippen LogP contribution in [0.2, 0.25) is 0 Å². The molecule has 128 valence electrons. The van der Waals surface area contributed by atoms with Crippen molar-refractivity contribution in [2.45, 2.75) is 13.0 Å². The SMILES string of the molecule is COc1ccc(C(Nc2ncccc2C)c2ccccc2)cc1OC. The Kier molecular flexibility index (Phi) is 5.19. The van der Waals surface area contributed by atoms with E-state index in [-0.39, 0.29) is 6.04 Å². The van der Waals surface area contributed by atoms with Crippen molar-refractivity contribution in [2.75, 3.05) is 19.5 Å². The molecule has 0 aliphatic heterocycles. The molecule has 0 fully saturated rings. The van der Waals surface area contributed by atoms with Crippen LogP contribution in [0.1, 0.15) is 22.7 Å². The summed E-state index contributed by atoms with van der Waals surface area (Å²) in [5, 5.41) is 3.56. The third-order valence-electron chi connectivity index (χ3n) is 4.16. The van der Waals surface area contributed by atoms with Gasteiger partial charge in [0, 0.05) is 6.20 Å². The molecule has 1 unspecified atom stereocenters. The van der Waals surface area contributed by atoms with E-state index < -0.39 is 0 Å². The lowest BCUT2D eigenvalue weighted by Gasteiger charge is -2.22. The van der Waals surface area contributed by atoms with Crippen LogP contribution in [0, 0.1) is 6.92 Å². The monoisotopic (exact) mass is 334 g/mol. The van der Waals surface area contributed by atoms with E-state index in [2.05, 4.69) is 22.4 Å². The van der Waals surface area contributed by atoms with E-state index >= 15 is 0 Å². The zero-order valence-corrected chi connectivity index (χ0v) is 14.7. The Morgan fingerprint density at radius 1 is 0.840 bits per heavy atom. The fraction of sp³-hybridized carbons (Fsp3) is 0.190. The predicted molar refractivity (Wildman–Crippen MR) is 100 cm³/mol. The van der Waals surface area contributed by atoms with Crippen LogP contribution < -0.4 is 14.8 Å². The molecule has 1 aromatic heterocycles. The van der Waals surface area contributed by atoms with Gasteiger partial charge in [-0.05, 0) is 41.8 Å². The van der Waals surface area contributed by atoms with Crippen LogP contribution in [0.15, 0.2) is 66.9 Å². The molecule has 0 aliphatic rings. The molecule has 4 nitrogen and oxygen atoms in total.